The van der Waals surface area contributed by atoms with Crippen molar-refractivity contribution in [1.29, 1.82) is 16.2 Å². The predicted octanol–water partition coefficient (Wildman–Crippen LogP) is -1.92. The number of aromatic hydroxyl groups is 1. The minimum absolute atomic E-state index is 0.000288. The number of aromatic nitrogens is 2. The van der Waals surface area contributed by atoms with Crippen molar-refractivity contribution in [3.8, 4) is 5.75 Å². The molecule has 42 nitrogen and oxygen atoms in total. The van der Waals surface area contributed by atoms with E-state index in [-0.39, 0.29) is 114 Å². The quantitative estimate of drug-likeness (QED) is 0.0166. The summed E-state index contributed by atoms with van der Waals surface area (Å²) < 4.78 is 0. The van der Waals surface area contributed by atoms with E-state index in [1.165, 1.54) is 95.1 Å². The van der Waals surface area contributed by atoms with Crippen LogP contribution in [-0.2, 0) is 86.4 Å². The third-order valence-electron chi connectivity index (χ3n) is 20.3. The number of rotatable bonds is 64. The SMILES string of the molecule is CCCCCCCCCCCCCCCC(=O)N[C@@H](CC(C)C)C(=O)N[C@@H](C)C(=O)N[C@@H](Cc1ccc(O)cc1)C(=O)N[C@@H](Cc1ccccc1)C(=O)N[C@@H](CCCNC(=N)N)C(=O)N[C@@H](CCCNC(=N)N)C(=O)N[C@@H](CC(C)C)C(=O)N[C@@H](Cc1c[nH]cn1)C(=O)N[C@@H](CO)C(=O)N[C@H](C(=O)N[C@@H](CCCNC(=N)N)C(=O)N[C@@H](CC(N)=O)C(N)=O)[C@@H](C)O. The highest BCUT2D eigenvalue weighted by atomic mass is 16.3. The zero-order chi connectivity index (χ0) is 93.8. The van der Waals surface area contributed by atoms with E-state index in [9.17, 15) is 68.1 Å². The molecule has 3 aromatic rings. The van der Waals surface area contributed by atoms with Gasteiger partial charge in [-0.25, -0.2) is 4.98 Å². The van der Waals surface area contributed by atoms with Crippen LogP contribution in [-0.4, -0.2) is 231 Å². The summed E-state index contributed by atoms with van der Waals surface area (Å²) in [5, 5.41) is 93.4. The Labute approximate surface area is 736 Å². The lowest BCUT2D eigenvalue weighted by atomic mass is 10.0. The van der Waals surface area contributed by atoms with Crippen molar-refractivity contribution in [2.24, 2.45) is 40.5 Å². The number of carbonyl (C=O) groups excluding carboxylic acids is 14. The summed E-state index contributed by atoms with van der Waals surface area (Å²) in [5.74, 6) is -15.2. The molecule has 14 amide bonds. The van der Waals surface area contributed by atoms with Crippen molar-refractivity contribution in [1.82, 2.24) is 89.7 Å². The van der Waals surface area contributed by atoms with E-state index in [0.717, 1.165) is 32.6 Å². The smallest absolute Gasteiger partial charge is 0.245 e. The van der Waals surface area contributed by atoms with E-state index in [1.54, 1.807) is 44.2 Å². The Balaban J connectivity index is 1.98. The summed E-state index contributed by atoms with van der Waals surface area (Å²) in [6.45, 7) is 10.7. The van der Waals surface area contributed by atoms with Gasteiger partial charge in [-0.1, -0.05) is 154 Å². The van der Waals surface area contributed by atoms with Crippen LogP contribution in [0, 0.1) is 28.1 Å². The van der Waals surface area contributed by atoms with E-state index < -0.39 is 199 Å². The molecule has 1 aromatic heterocycles. The highest BCUT2D eigenvalue weighted by Crippen LogP contribution is 2.18. The maximum absolute atomic E-state index is 15.1. The van der Waals surface area contributed by atoms with E-state index in [1.807, 2.05) is 13.8 Å². The average Bonchev–Trinajstić information content (AvgIpc) is 1.02. The number of hydrogen-bond donors (Lipinski definition) is 27. The van der Waals surface area contributed by atoms with E-state index in [2.05, 4.69) is 96.6 Å². The molecule has 0 fully saturated rings. The lowest BCUT2D eigenvalue weighted by molar-refractivity contribution is -0.137. The van der Waals surface area contributed by atoms with Crippen LogP contribution in [0.4, 0.5) is 0 Å². The van der Waals surface area contributed by atoms with Gasteiger partial charge in [0.15, 0.2) is 17.9 Å². The van der Waals surface area contributed by atoms with Crippen molar-refractivity contribution < 1.29 is 82.4 Å². The predicted molar refractivity (Wildman–Crippen MR) is 472 cm³/mol. The molecule has 2 aromatic carbocycles. The first-order chi connectivity index (χ1) is 59.8. The molecule has 0 aliphatic carbocycles. The maximum Gasteiger partial charge on any atom is 0.245 e. The number of guanidine groups is 3. The third kappa shape index (κ3) is 44.9. The number of primary amides is 2. The van der Waals surface area contributed by atoms with Crippen LogP contribution in [0.2, 0.25) is 0 Å². The summed E-state index contributed by atoms with van der Waals surface area (Å²) in [4.78, 5) is 203. The number of imidazole rings is 1. The van der Waals surface area contributed by atoms with Crippen molar-refractivity contribution in [2.75, 3.05) is 26.2 Å². The van der Waals surface area contributed by atoms with E-state index in [4.69, 9.17) is 44.9 Å². The number of benzene rings is 2. The normalized spacial score (nSPS) is 14.2. The zero-order valence-corrected chi connectivity index (χ0v) is 73.6. The fourth-order valence-corrected chi connectivity index (χ4v) is 13.4. The fourth-order valence-electron chi connectivity index (χ4n) is 13.4. The molecule has 0 aliphatic heterocycles. The van der Waals surface area contributed by atoms with Crippen molar-refractivity contribution in [3.05, 3.63) is 83.9 Å². The number of carbonyl (C=O) groups is 14. The van der Waals surface area contributed by atoms with Gasteiger partial charge in [0.1, 0.15) is 78.3 Å². The maximum atomic E-state index is 15.1. The van der Waals surface area contributed by atoms with Crippen LogP contribution in [0.1, 0.15) is 213 Å². The molecule has 126 heavy (non-hydrogen) atoms. The number of H-pyrrole nitrogens is 1. The standard InChI is InChI=1S/C84H139N25O17/c1-8-9-10-11-12-13-14-15-16-17-18-19-23-32-68(114)99-61(40-49(2)3)75(120)98-51(6)71(116)104-63(43-54-33-35-56(112)36-34-54)78(123)106-64(42-53-27-21-20-22-28-53)77(122)101-57(29-24-37-94-82(87)88)72(117)100-58(30-25-38-95-83(89)90)74(119)105-62(41-50(4)5)76(121)107-65(44-55-46-93-48-97-55)79(124)108-66(47-110)80(125)109-69(52(7)111)81(126)102-59(31-26-39-96-84(91)92)73(118)103-60(70(86)115)45-67(85)113/h20-22,27-28,33-36,46,48-52,57-66,69,110-112H,8-19,23-26,29-32,37-45,47H2,1-7H3,(H2,85,113)(H2,86,115)(H,93,97)(H,98,120)(H,99,114)(H,100,117)(H,101,122)(H,102,126)(H,103,118)(H,104,116)(H,105,119)(H,106,123)(H,107,121)(H,108,124)(H,109,125)(H4,87,88,94)(H4,89,90,95)(H4,91,92,96)/t51-,52+,57-,58-,59-,60-,61-,62-,63-,64-,65-,66-,69-/m0/s1. The Kier molecular flexibility index (Phi) is 51.0. The number of unbranched alkanes of at least 4 members (excludes halogenated alkanes) is 12. The number of aliphatic hydroxyl groups is 2. The molecule has 42 heteroatoms. The number of phenols is 1. The van der Waals surface area contributed by atoms with E-state index in [0.29, 0.717) is 17.5 Å². The van der Waals surface area contributed by atoms with Crippen molar-refractivity contribution in [3.63, 3.8) is 0 Å². The minimum atomic E-state index is -1.94. The highest BCUT2D eigenvalue weighted by Gasteiger charge is 2.39. The van der Waals surface area contributed by atoms with E-state index >= 15 is 14.4 Å². The molecule has 32 N–H and O–H groups in total. The van der Waals surface area contributed by atoms with Crippen LogP contribution in [0.25, 0.3) is 0 Å². The lowest BCUT2D eigenvalue weighted by Crippen LogP contribution is -2.62. The third-order valence-corrected chi connectivity index (χ3v) is 20.3. The Morgan fingerprint density at radius 3 is 1.18 bits per heavy atom. The summed E-state index contributed by atoms with van der Waals surface area (Å²) in [6.07, 6.45) is 13.8. The molecule has 0 aliphatic rings. The second-order valence-corrected chi connectivity index (χ2v) is 32.4. The van der Waals surface area contributed by atoms with Crippen LogP contribution in [0.15, 0.2) is 67.1 Å². The number of nitrogens with zero attached hydrogens (tertiary/aromatic N) is 1. The molecule has 0 unspecified atom stereocenters. The van der Waals surface area contributed by atoms with Gasteiger partial charge in [0.25, 0.3) is 0 Å². The largest absolute Gasteiger partial charge is 0.508 e. The first-order valence-corrected chi connectivity index (χ1v) is 43.3. The van der Waals surface area contributed by atoms with Crippen LogP contribution in [0.3, 0.4) is 0 Å². The number of hydrogen-bond acceptors (Lipinski definition) is 21. The summed E-state index contributed by atoms with van der Waals surface area (Å²) >= 11 is 0. The van der Waals surface area contributed by atoms with Gasteiger partial charge in [0.05, 0.1) is 31.2 Å². The molecule has 0 saturated carbocycles. The highest BCUT2D eigenvalue weighted by molar-refractivity contribution is 6.00. The summed E-state index contributed by atoms with van der Waals surface area (Å²) in [6, 6.07) is -4.52. The van der Waals surface area contributed by atoms with Crippen molar-refractivity contribution >= 4 is 101 Å². The van der Waals surface area contributed by atoms with Gasteiger partial charge in [-0.2, -0.15) is 0 Å². The second-order valence-electron chi connectivity index (χ2n) is 32.4. The monoisotopic (exact) mass is 1770 g/mol. The van der Waals surface area contributed by atoms with Gasteiger partial charge in [0.2, 0.25) is 82.7 Å². The van der Waals surface area contributed by atoms with Gasteiger partial charge >= 0.3 is 0 Å². The number of nitrogens with two attached hydrogens (primary N) is 5. The lowest BCUT2D eigenvalue weighted by Gasteiger charge is -2.29. The first-order valence-electron chi connectivity index (χ1n) is 43.3. The fraction of sp³-hybridized carbons (Fsp3) is 0.619. The number of aromatic amines is 1. The summed E-state index contributed by atoms with van der Waals surface area (Å²) in [5.41, 5.74) is 28.4. The first kappa shape index (κ1) is 108. The van der Waals surface area contributed by atoms with Crippen molar-refractivity contribution in [2.45, 2.75) is 294 Å². The Morgan fingerprint density at radius 2 is 0.770 bits per heavy atom. The number of nitrogens with one attached hydrogen (secondary N) is 19. The second kappa shape index (κ2) is 59.6. The van der Waals surface area contributed by atoms with Crippen LogP contribution < -0.4 is 108 Å². The molecule has 702 valence electrons. The summed E-state index contributed by atoms with van der Waals surface area (Å²) in [7, 11) is 0. The van der Waals surface area contributed by atoms with Gasteiger partial charge in [0, 0.05) is 51.5 Å². The van der Waals surface area contributed by atoms with Crippen LogP contribution >= 0.6 is 0 Å². The Hall–Kier alpha value is -12.2. The number of aliphatic hydroxyl groups excluding tert-OH is 2. The molecule has 1 heterocycles. The average molecular weight is 1770 g/mol. The number of phenolic OH excluding ortho intramolecular Hbond substituents is 1. The van der Waals surface area contributed by atoms with Crippen LogP contribution in [0.5, 0.6) is 5.75 Å². The Morgan fingerprint density at radius 1 is 0.405 bits per heavy atom. The van der Waals surface area contributed by atoms with Gasteiger partial charge in [-0.15, -0.1) is 0 Å². The molecule has 0 bridgehead atoms. The number of amides is 14. The topological polar surface area (TPSA) is 710 Å². The molecule has 0 spiro atoms. The van der Waals surface area contributed by atoms with Gasteiger partial charge < -0.3 is 129 Å². The molecule has 13 atom stereocenters. The molecular weight excluding hydrogens is 1630 g/mol. The molecular formula is C84H139N25O17. The molecule has 0 saturated heterocycles. The minimum Gasteiger partial charge on any atom is -0.508 e. The molecule has 3 rings (SSSR count). The van der Waals surface area contributed by atoms with Gasteiger partial charge in [-0.3, -0.25) is 83.4 Å². The van der Waals surface area contributed by atoms with Gasteiger partial charge in [-0.05, 0) is 107 Å². The zero-order valence-electron chi connectivity index (χ0n) is 73.6. The molecule has 0 radical (unpaired) electrons. The Bertz CT molecular complexity index is 3950.